The summed E-state index contributed by atoms with van der Waals surface area (Å²) in [5, 5.41) is 0. The molecule has 1 aromatic heterocycles. The van der Waals surface area contributed by atoms with E-state index < -0.39 is 11.5 Å². The molecule has 6 nitrogen and oxygen atoms in total. The number of aromatic amines is 1. The SMILES string of the molecule is COC(=O)C1(C(N)c2ccc3nc[nH]c3c2)COC1. The lowest BCUT2D eigenvalue weighted by Gasteiger charge is -2.42. The van der Waals surface area contributed by atoms with Gasteiger partial charge in [0.15, 0.2) is 0 Å². The molecule has 6 heteroatoms. The Morgan fingerprint density at radius 1 is 1.58 bits per heavy atom. The first-order chi connectivity index (χ1) is 9.17. The molecule has 0 spiro atoms. The number of aromatic nitrogens is 2. The quantitative estimate of drug-likeness (QED) is 0.796. The molecule has 100 valence electrons. The van der Waals surface area contributed by atoms with Crippen LogP contribution in [0, 0.1) is 5.41 Å². The van der Waals surface area contributed by atoms with Crippen LogP contribution in [-0.2, 0) is 14.3 Å². The highest BCUT2D eigenvalue weighted by Crippen LogP contribution is 2.40. The molecule has 0 bridgehead atoms. The lowest BCUT2D eigenvalue weighted by atomic mass is 9.75. The van der Waals surface area contributed by atoms with Gasteiger partial charge >= 0.3 is 5.97 Å². The molecule has 1 atom stereocenters. The van der Waals surface area contributed by atoms with Gasteiger partial charge in [-0.05, 0) is 17.7 Å². The molecule has 0 aliphatic carbocycles. The van der Waals surface area contributed by atoms with Crippen LogP contribution in [0.1, 0.15) is 11.6 Å². The minimum Gasteiger partial charge on any atom is -0.468 e. The zero-order valence-electron chi connectivity index (χ0n) is 10.6. The maximum absolute atomic E-state index is 11.9. The van der Waals surface area contributed by atoms with E-state index in [1.54, 1.807) is 6.33 Å². The van der Waals surface area contributed by atoms with Crippen molar-refractivity contribution < 1.29 is 14.3 Å². The minimum atomic E-state index is -0.775. The van der Waals surface area contributed by atoms with Gasteiger partial charge in [-0.3, -0.25) is 4.79 Å². The van der Waals surface area contributed by atoms with E-state index in [-0.39, 0.29) is 5.97 Å². The summed E-state index contributed by atoms with van der Waals surface area (Å²) in [5.74, 6) is -0.323. The van der Waals surface area contributed by atoms with E-state index in [2.05, 4.69) is 9.97 Å². The van der Waals surface area contributed by atoms with E-state index >= 15 is 0 Å². The summed E-state index contributed by atoms with van der Waals surface area (Å²) in [7, 11) is 1.37. The summed E-state index contributed by atoms with van der Waals surface area (Å²) in [6.07, 6.45) is 1.63. The number of hydrogen-bond acceptors (Lipinski definition) is 5. The Morgan fingerprint density at radius 2 is 2.37 bits per heavy atom. The Kier molecular flexibility index (Phi) is 2.76. The third-order valence-corrected chi connectivity index (χ3v) is 3.71. The summed E-state index contributed by atoms with van der Waals surface area (Å²) in [4.78, 5) is 19.1. The highest BCUT2D eigenvalue weighted by Gasteiger charge is 2.52. The molecule has 2 heterocycles. The summed E-state index contributed by atoms with van der Waals surface area (Å²) in [6, 6.07) is 5.22. The van der Waals surface area contributed by atoms with Crippen LogP contribution in [0.3, 0.4) is 0 Å². The number of carbonyl (C=O) groups is 1. The van der Waals surface area contributed by atoms with Gasteiger partial charge in [0.05, 0.1) is 43.7 Å². The van der Waals surface area contributed by atoms with Crippen LogP contribution >= 0.6 is 0 Å². The maximum Gasteiger partial charge on any atom is 0.318 e. The average Bonchev–Trinajstić information content (AvgIpc) is 2.84. The molecule has 19 heavy (non-hydrogen) atoms. The highest BCUT2D eigenvalue weighted by molar-refractivity contribution is 5.80. The summed E-state index contributed by atoms with van der Waals surface area (Å²) in [5.41, 5.74) is 8.11. The molecule has 1 aliphatic heterocycles. The molecule has 0 saturated carbocycles. The topological polar surface area (TPSA) is 90.2 Å². The molecule has 1 aliphatic rings. The second-order valence-corrected chi connectivity index (χ2v) is 4.80. The van der Waals surface area contributed by atoms with Crippen molar-refractivity contribution in [2.45, 2.75) is 6.04 Å². The Bertz CT molecular complexity index is 618. The van der Waals surface area contributed by atoms with Crippen molar-refractivity contribution in [1.29, 1.82) is 0 Å². The van der Waals surface area contributed by atoms with Crippen molar-refractivity contribution in [3.8, 4) is 0 Å². The van der Waals surface area contributed by atoms with Crippen molar-refractivity contribution in [1.82, 2.24) is 9.97 Å². The Labute approximate surface area is 109 Å². The smallest absolute Gasteiger partial charge is 0.318 e. The third kappa shape index (κ3) is 1.72. The largest absolute Gasteiger partial charge is 0.468 e. The number of imidazole rings is 1. The first-order valence-electron chi connectivity index (χ1n) is 6.02. The number of nitrogens with two attached hydrogens (primary N) is 1. The number of ether oxygens (including phenoxy) is 2. The number of nitrogens with zero attached hydrogens (tertiary/aromatic N) is 1. The van der Waals surface area contributed by atoms with Crippen molar-refractivity contribution in [3.05, 3.63) is 30.1 Å². The van der Waals surface area contributed by atoms with E-state index in [0.29, 0.717) is 13.2 Å². The zero-order chi connectivity index (χ0) is 13.5. The van der Waals surface area contributed by atoms with Gasteiger partial charge < -0.3 is 20.2 Å². The van der Waals surface area contributed by atoms with Gasteiger partial charge in [0.25, 0.3) is 0 Å². The number of carbonyl (C=O) groups excluding carboxylic acids is 1. The fourth-order valence-corrected chi connectivity index (χ4v) is 2.42. The standard InChI is InChI=1S/C13H15N3O3/c1-18-12(17)13(5-19-6-13)11(14)8-2-3-9-10(4-8)16-7-15-9/h2-4,7,11H,5-6,14H2,1H3,(H,15,16). The van der Waals surface area contributed by atoms with Crippen LogP contribution in [0.25, 0.3) is 11.0 Å². The Morgan fingerprint density at radius 3 is 3.00 bits per heavy atom. The fourth-order valence-electron chi connectivity index (χ4n) is 2.42. The van der Waals surface area contributed by atoms with Gasteiger partial charge in [0, 0.05) is 0 Å². The van der Waals surface area contributed by atoms with Crippen molar-refractivity contribution in [2.24, 2.45) is 11.1 Å². The number of benzene rings is 1. The number of H-pyrrole nitrogens is 1. The second kappa shape index (κ2) is 4.32. The summed E-state index contributed by atoms with van der Waals surface area (Å²) < 4.78 is 10.0. The third-order valence-electron chi connectivity index (χ3n) is 3.71. The van der Waals surface area contributed by atoms with E-state index in [1.165, 1.54) is 7.11 Å². The number of methoxy groups -OCH3 is 1. The second-order valence-electron chi connectivity index (χ2n) is 4.80. The molecule has 3 rings (SSSR count). The highest BCUT2D eigenvalue weighted by atomic mass is 16.5. The molecule has 2 aromatic rings. The van der Waals surface area contributed by atoms with Crippen LogP contribution in [0.15, 0.2) is 24.5 Å². The van der Waals surface area contributed by atoms with Gasteiger partial charge in [-0.25, -0.2) is 4.98 Å². The first kappa shape index (κ1) is 12.1. The van der Waals surface area contributed by atoms with Crippen LogP contribution in [-0.4, -0.2) is 36.3 Å². The zero-order valence-corrected chi connectivity index (χ0v) is 10.6. The van der Waals surface area contributed by atoms with Crippen LogP contribution in [0.4, 0.5) is 0 Å². The van der Waals surface area contributed by atoms with Gasteiger partial charge in [0.2, 0.25) is 0 Å². The summed E-state index contributed by atoms with van der Waals surface area (Å²) in [6.45, 7) is 0.587. The number of esters is 1. The van der Waals surface area contributed by atoms with Gasteiger partial charge in [-0.2, -0.15) is 0 Å². The maximum atomic E-state index is 11.9. The van der Waals surface area contributed by atoms with Crippen molar-refractivity contribution >= 4 is 17.0 Å². The number of hydrogen-bond donors (Lipinski definition) is 2. The molecule has 1 saturated heterocycles. The number of rotatable bonds is 3. The molecule has 1 unspecified atom stereocenters. The predicted octanol–water partition coefficient (Wildman–Crippen LogP) is 0.752. The molecule has 0 amide bonds. The average molecular weight is 261 g/mol. The monoisotopic (exact) mass is 261 g/mol. The van der Waals surface area contributed by atoms with Crippen molar-refractivity contribution in [3.63, 3.8) is 0 Å². The predicted molar refractivity (Wildman–Crippen MR) is 68.3 cm³/mol. The molecule has 0 radical (unpaired) electrons. The number of nitrogens with one attached hydrogen (secondary N) is 1. The fraction of sp³-hybridized carbons (Fsp3) is 0.385. The first-order valence-corrected chi connectivity index (χ1v) is 6.02. The molecule has 1 fully saturated rings. The molecular weight excluding hydrogens is 246 g/mol. The van der Waals surface area contributed by atoms with Crippen molar-refractivity contribution in [2.75, 3.05) is 20.3 Å². The minimum absolute atomic E-state index is 0.294. The van der Waals surface area contributed by atoms with Crippen LogP contribution < -0.4 is 5.73 Å². The van der Waals surface area contributed by atoms with E-state index in [4.69, 9.17) is 15.2 Å². The van der Waals surface area contributed by atoms with E-state index in [9.17, 15) is 4.79 Å². The van der Waals surface area contributed by atoms with E-state index in [0.717, 1.165) is 16.6 Å². The van der Waals surface area contributed by atoms with Gasteiger partial charge in [-0.1, -0.05) is 6.07 Å². The number of fused-ring (bicyclic) bond motifs is 1. The van der Waals surface area contributed by atoms with E-state index in [1.807, 2.05) is 18.2 Å². The molecule has 1 aromatic carbocycles. The lowest BCUT2D eigenvalue weighted by molar-refractivity contribution is -0.188. The normalized spacial score (nSPS) is 18.8. The Hall–Kier alpha value is -1.92. The van der Waals surface area contributed by atoms with Crippen LogP contribution in [0.2, 0.25) is 0 Å². The van der Waals surface area contributed by atoms with Gasteiger partial charge in [0.1, 0.15) is 5.41 Å². The molecule has 3 N–H and O–H groups in total. The van der Waals surface area contributed by atoms with Gasteiger partial charge in [-0.15, -0.1) is 0 Å². The summed E-state index contributed by atoms with van der Waals surface area (Å²) >= 11 is 0. The lowest BCUT2D eigenvalue weighted by Crippen LogP contribution is -2.56. The van der Waals surface area contributed by atoms with Crippen LogP contribution in [0.5, 0.6) is 0 Å². The molecular formula is C13H15N3O3. The Balaban J connectivity index is 1.97.